The van der Waals surface area contributed by atoms with Gasteiger partial charge in [-0.1, -0.05) is 0 Å². The fourth-order valence-electron chi connectivity index (χ4n) is 1.47. The Bertz CT molecular complexity index is 510. The molecule has 0 bridgehead atoms. The molecule has 0 aliphatic rings. The monoisotopic (exact) mass is 253 g/mol. The molecule has 0 atom stereocenters. The van der Waals surface area contributed by atoms with Crippen molar-refractivity contribution in [2.24, 2.45) is 0 Å². The molecule has 0 fully saturated rings. The third-order valence-electron chi connectivity index (χ3n) is 2.32. The molecule has 0 unspecified atom stereocenters. The highest BCUT2D eigenvalue weighted by Gasteiger charge is 2.10. The lowest BCUT2D eigenvalue weighted by Crippen LogP contribution is -1.91. The largest absolute Gasteiger partial charge is 0.493 e. The average molecular weight is 254 g/mol. The molecule has 5 heteroatoms. The Labute approximate surface area is 104 Å². The van der Waals surface area contributed by atoms with Gasteiger partial charge in [0.1, 0.15) is 6.26 Å². The van der Waals surface area contributed by atoms with Crippen LogP contribution in [-0.2, 0) is 5.88 Å². The van der Waals surface area contributed by atoms with E-state index in [-0.39, 0.29) is 0 Å². The predicted molar refractivity (Wildman–Crippen MR) is 64.6 cm³/mol. The van der Waals surface area contributed by atoms with Crippen molar-refractivity contribution < 1.29 is 13.9 Å². The summed E-state index contributed by atoms with van der Waals surface area (Å²) in [4.78, 5) is 4.23. The number of alkyl halides is 1. The minimum atomic E-state index is 0.330. The zero-order valence-corrected chi connectivity index (χ0v) is 10.3. The number of oxazole rings is 1. The zero-order chi connectivity index (χ0) is 12.3. The number of rotatable bonds is 4. The van der Waals surface area contributed by atoms with Crippen molar-refractivity contribution in [3.05, 3.63) is 30.2 Å². The van der Waals surface area contributed by atoms with Gasteiger partial charge < -0.3 is 13.9 Å². The number of ether oxygens (including phenoxy) is 2. The lowest BCUT2D eigenvalue weighted by Gasteiger charge is -2.07. The molecule has 1 aromatic carbocycles. The highest BCUT2D eigenvalue weighted by atomic mass is 35.5. The SMILES string of the molecule is COc1ccc(-c2nc(CCl)co2)cc1OC. The van der Waals surface area contributed by atoms with E-state index in [0.717, 1.165) is 5.56 Å². The summed E-state index contributed by atoms with van der Waals surface area (Å²) in [5.74, 6) is 2.15. The van der Waals surface area contributed by atoms with E-state index in [4.69, 9.17) is 25.5 Å². The molecule has 4 nitrogen and oxygen atoms in total. The summed E-state index contributed by atoms with van der Waals surface area (Å²) in [5, 5.41) is 0. The minimum Gasteiger partial charge on any atom is -0.493 e. The second kappa shape index (κ2) is 5.10. The molecule has 0 saturated heterocycles. The highest BCUT2D eigenvalue weighted by molar-refractivity contribution is 6.16. The van der Waals surface area contributed by atoms with Crippen LogP contribution in [0.1, 0.15) is 5.69 Å². The first-order valence-corrected chi connectivity index (χ1v) is 5.54. The van der Waals surface area contributed by atoms with Crippen LogP contribution in [0.25, 0.3) is 11.5 Å². The molecule has 0 saturated carbocycles. The van der Waals surface area contributed by atoms with Crippen molar-refractivity contribution >= 4 is 11.6 Å². The maximum atomic E-state index is 5.67. The van der Waals surface area contributed by atoms with Gasteiger partial charge in [0.05, 0.1) is 25.8 Å². The summed E-state index contributed by atoms with van der Waals surface area (Å²) in [5.41, 5.74) is 1.52. The van der Waals surface area contributed by atoms with E-state index in [1.807, 2.05) is 12.1 Å². The van der Waals surface area contributed by atoms with Crippen LogP contribution < -0.4 is 9.47 Å². The topological polar surface area (TPSA) is 44.5 Å². The van der Waals surface area contributed by atoms with Gasteiger partial charge in [-0.15, -0.1) is 11.6 Å². The van der Waals surface area contributed by atoms with Crippen molar-refractivity contribution in [2.75, 3.05) is 14.2 Å². The van der Waals surface area contributed by atoms with Crippen LogP contribution >= 0.6 is 11.6 Å². The number of aromatic nitrogens is 1. The quantitative estimate of drug-likeness (QED) is 0.786. The third-order valence-corrected chi connectivity index (χ3v) is 2.59. The normalized spacial score (nSPS) is 10.3. The van der Waals surface area contributed by atoms with Crippen molar-refractivity contribution in [3.8, 4) is 23.0 Å². The van der Waals surface area contributed by atoms with E-state index in [1.165, 1.54) is 0 Å². The number of hydrogen-bond donors (Lipinski definition) is 0. The minimum absolute atomic E-state index is 0.330. The second-order valence-electron chi connectivity index (χ2n) is 3.35. The van der Waals surface area contributed by atoms with Gasteiger partial charge in [-0.3, -0.25) is 0 Å². The van der Waals surface area contributed by atoms with Gasteiger partial charge in [0.2, 0.25) is 5.89 Å². The molecule has 0 aliphatic carbocycles. The molecular formula is C12H12ClNO3. The molecule has 1 aromatic heterocycles. The van der Waals surface area contributed by atoms with Crippen LogP contribution in [0, 0.1) is 0 Å². The standard InChI is InChI=1S/C12H12ClNO3/c1-15-10-4-3-8(5-11(10)16-2)12-14-9(6-13)7-17-12/h3-5,7H,6H2,1-2H3. The number of hydrogen-bond acceptors (Lipinski definition) is 4. The van der Waals surface area contributed by atoms with Gasteiger partial charge in [0.25, 0.3) is 0 Å². The molecule has 0 N–H and O–H groups in total. The van der Waals surface area contributed by atoms with Gasteiger partial charge >= 0.3 is 0 Å². The van der Waals surface area contributed by atoms with Crippen molar-refractivity contribution in [1.82, 2.24) is 4.98 Å². The van der Waals surface area contributed by atoms with Crippen molar-refractivity contribution in [3.63, 3.8) is 0 Å². The van der Waals surface area contributed by atoms with E-state index >= 15 is 0 Å². The summed E-state index contributed by atoms with van der Waals surface area (Å²) in [6.45, 7) is 0. The Hall–Kier alpha value is -1.68. The number of methoxy groups -OCH3 is 2. The molecule has 0 aliphatic heterocycles. The van der Waals surface area contributed by atoms with E-state index < -0.39 is 0 Å². The molecular weight excluding hydrogens is 242 g/mol. The Balaban J connectivity index is 2.38. The molecule has 1 heterocycles. The van der Waals surface area contributed by atoms with Crippen LogP contribution in [0.2, 0.25) is 0 Å². The maximum Gasteiger partial charge on any atom is 0.226 e. The van der Waals surface area contributed by atoms with Gasteiger partial charge in [0.15, 0.2) is 11.5 Å². The molecule has 17 heavy (non-hydrogen) atoms. The van der Waals surface area contributed by atoms with Gasteiger partial charge in [0, 0.05) is 5.56 Å². The van der Waals surface area contributed by atoms with E-state index in [2.05, 4.69) is 4.98 Å². The Morgan fingerprint density at radius 1 is 1.24 bits per heavy atom. The maximum absolute atomic E-state index is 5.67. The molecule has 0 amide bonds. The molecule has 0 radical (unpaired) electrons. The van der Waals surface area contributed by atoms with E-state index in [1.54, 1.807) is 26.5 Å². The molecule has 2 rings (SSSR count). The van der Waals surface area contributed by atoms with Crippen LogP contribution in [0.5, 0.6) is 11.5 Å². The van der Waals surface area contributed by atoms with E-state index in [0.29, 0.717) is 29.0 Å². The first-order valence-electron chi connectivity index (χ1n) is 5.01. The fraction of sp³-hybridized carbons (Fsp3) is 0.250. The lowest BCUT2D eigenvalue weighted by molar-refractivity contribution is 0.355. The Morgan fingerprint density at radius 3 is 2.59 bits per heavy atom. The zero-order valence-electron chi connectivity index (χ0n) is 9.57. The average Bonchev–Trinajstić information content (AvgIpc) is 2.86. The number of benzene rings is 1. The summed E-state index contributed by atoms with van der Waals surface area (Å²) in [6.07, 6.45) is 1.54. The smallest absolute Gasteiger partial charge is 0.226 e. The first-order chi connectivity index (χ1) is 8.28. The molecule has 2 aromatic rings. The van der Waals surface area contributed by atoms with Gasteiger partial charge in [-0.05, 0) is 18.2 Å². The number of nitrogens with zero attached hydrogens (tertiary/aromatic N) is 1. The summed E-state index contributed by atoms with van der Waals surface area (Å²) < 4.78 is 15.7. The first kappa shape index (κ1) is 11.8. The van der Waals surface area contributed by atoms with E-state index in [9.17, 15) is 0 Å². The predicted octanol–water partition coefficient (Wildman–Crippen LogP) is 3.10. The third kappa shape index (κ3) is 2.36. The van der Waals surface area contributed by atoms with Crippen LogP contribution in [-0.4, -0.2) is 19.2 Å². The van der Waals surface area contributed by atoms with Crippen molar-refractivity contribution in [2.45, 2.75) is 5.88 Å². The number of halogens is 1. The summed E-state index contributed by atoms with van der Waals surface area (Å²) in [7, 11) is 3.18. The van der Waals surface area contributed by atoms with Crippen molar-refractivity contribution in [1.29, 1.82) is 0 Å². The fourth-order valence-corrected chi connectivity index (χ4v) is 1.59. The second-order valence-corrected chi connectivity index (χ2v) is 3.61. The molecule has 0 spiro atoms. The lowest BCUT2D eigenvalue weighted by atomic mass is 10.2. The summed E-state index contributed by atoms with van der Waals surface area (Å²) >= 11 is 5.67. The van der Waals surface area contributed by atoms with Crippen LogP contribution in [0.3, 0.4) is 0 Å². The van der Waals surface area contributed by atoms with Gasteiger partial charge in [-0.25, -0.2) is 4.98 Å². The Kier molecular flexibility index (Phi) is 3.54. The Morgan fingerprint density at radius 2 is 2.00 bits per heavy atom. The van der Waals surface area contributed by atoms with Gasteiger partial charge in [-0.2, -0.15) is 0 Å². The van der Waals surface area contributed by atoms with Crippen LogP contribution in [0.4, 0.5) is 0 Å². The van der Waals surface area contributed by atoms with Crippen LogP contribution in [0.15, 0.2) is 28.9 Å². The summed E-state index contributed by atoms with van der Waals surface area (Å²) in [6, 6.07) is 5.46. The molecule has 90 valence electrons. The highest BCUT2D eigenvalue weighted by Crippen LogP contribution is 2.31.